The third-order valence-corrected chi connectivity index (χ3v) is 4.41. The Hall–Kier alpha value is -1.44. The monoisotopic (exact) mass is 318 g/mol. The van der Waals surface area contributed by atoms with Gasteiger partial charge in [0.25, 0.3) is 0 Å². The predicted molar refractivity (Wildman–Crippen MR) is 73.6 cm³/mol. The summed E-state index contributed by atoms with van der Waals surface area (Å²) in [6.45, 7) is -0.581. The number of nitrogens with two attached hydrogens (primary N) is 1. The summed E-state index contributed by atoms with van der Waals surface area (Å²) in [5.41, 5.74) is 0.558. The van der Waals surface area contributed by atoms with Crippen LogP contribution in [0.1, 0.15) is 5.56 Å². The maximum atomic E-state index is 11.8. The van der Waals surface area contributed by atoms with Crippen molar-refractivity contribution in [1.29, 1.82) is 0 Å². The molecule has 0 saturated carbocycles. The van der Waals surface area contributed by atoms with E-state index in [1.165, 1.54) is 24.3 Å². The van der Waals surface area contributed by atoms with Crippen LogP contribution in [0.25, 0.3) is 0 Å². The van der Waals surface area contributed by atoms with Crippen molar-refractivity contribution in [3.8, 4) is 11.8 Å². The molecule has 0 aromatic heterocycles. The Bertz CT molecular complexity index is 712. The van der Waals surface area contributed by atoms with Crippen molar-refractivity contribution in [3.63, 3.8) is 0 Å². The number of aliphatic hydroxyl groups excluding tert-OH is 1. The second-order valence-corrected chi connectivity index (χ2v) is 7.25. The zero-order chi connectivity index (χ0) is 15.2. The number of aliphatic hydroxyl groups is 1. The molecule has 4 N–H and O–H groups in total. The molecular formula is C11H14N2O5S2. The van der Waals surface area contributed by atoms with Gasteiger partial charge in [0.15, 0.2) is 0 Å². The van der Waals surface area contributed by atoms with Crippen LogP contribution in [0.3, 0.4) is 0 Å². The average Bonchev–Trinajstić information content (AvgIpc) is 2.35. The molecule has 0 atom stereocenters. The van der Waals surface area contributed by atoms with E-state index in [0.29, 0.717) is 5.56 Å². The Kier molecular flexibility index (Phi) is 5.67. The first-order valence-corrected chi connectivity index (χ1v) is 8.64. The minimum absolute atomic E-state index is 0.0125. The zero-order valence-electron chi connectivity index (χ0n) is 10.4. The van der Waals surface area contributed by atoms with E-state index >= 15 is 0 Å². The van der Waals surface area contributed by atoms with E-state index in [0.717, 1.165) is 0 Å². The standard InChI is InChI=1S/C11H14N2O5S2/c12-19(15,16)9-7-13-20(17,18)11-5-3-10(4-6-11)2-1-8-14/h3-6,13-14H,7-9H2,(H2,12,15,16). The van der Waals surface area contributed by atoms with Crippen molar-refractivity contribution in [1.82, 2.24) is 4.72 Å². The van der Waals surface area contributed by atoms with Gasteiger partial charge in [-0.25, -0.2) is 26.7 Å². The minimum atomic E-state index is -3.79. The molecule has 20 heavy (non-hydrogen) atoms. The van der Waals surface area contributed by atoms with E-state index < -0.39 is 25.8 Å². The lowest BCUT2D eigenvalue weighted by atomic mass is 10.2. The fourth-order valence-corrected chi connectivity index (χ4v) is 2.81. The van der Waals surface area contributed by atoms with Crippen molar-refractivity contribution in [2.45, 2.75) is 4.90 Å². The number of benzene rings is 1. The van der Waals surface area contributed by atoms with Crippen LogP contribution in [0.4, 0.5) is 0 Å². The van der Waals surface area contributed by atoms with Crippen molar-refractivity contribution >= 4 is 20.0 Å². The largest absolute Gasteiger partial charge is 0.384 e. The molecule has 0 aliphatic rings. The van der Waals surface area contributed by atoms with Crippen LogP contribution in [-0.4, -0.2) is 40.8 Å². The molecule has 0 heterocycles. The quantitative estimate of drug-likeness (QED) is 0.575. The van der Waals surface area contributed by atoms with E-state index in [-0.39, 0.29) is 18.0 Å². The van der Waals surface area contributed by atoms with Gasteiger partial charge in [-0.15, -0.1) is 0 Å². The summed E-state index contributed by atoms with van der Waals surface area (Å²) in [7, 11) is -7.50. The average molecular weight is 318 g/mol. The number of sulfonamides is 2. The SMILES string of the molecule is NS(=O)(=O)CCNS(=O)(=O)c1ccc(C#CCO)cc1. The van der Waals surface area contributed by atoms with E-state index in [1.54, 1.807) is 0 Å². The first-order chi connectivity index (χ1) is 9.24. The molecule has 0 spiro atoms. The number of primary sulfonamides is 1. The van der Waals surface area contributed by atoms with Crippen molar-refractivity contribution < 1.29 is 21.9 Å². The molecule has 1 aromatic carbocycles. The van der Waals surface area contributed by atoms with Gasteiger partial charge < -0.3 is 5.11 Å². The summed E-state index contributed by atoms with van der Waals surface area (Å²) in [4.78, 5) is -0.0125. The smallest absolute Gasteiger partial charge is 0.240 e. The van der Waals surface area contributed by atoms with Gasteiger partial charge in [0.2, 0.25) is 20.0 Å². The molecule has 0 saturated heterocycles. The van der Waals surface area contributed by atoms with E-state index in [9.17, 15) is 16.8 Å². The summed E-state index contributed by atoms with van der Waals surface area (Å²) < 4.78 is 47.2. The fraction of sp³-hybridized carbons (Fsp3) is 0.273. The van der Waals surface area contributed by atoms with E-state index in [1.807, 2.05) is 0 Å². The van der Waals surface area contributed by atoms with Crippen LogP contribution in [0.2, 0.25) is 0 Å². The summed E-state index contributed by atoms with van der Waals surface area (Å²) in [6, 6.07) is 5.63. The topological polar surface area (TPSA) is 127 Å². The van der Waals surface area contributed by atoms with Crippen LogP contribution < -0.4 is 9.86 Å². The van der Waals surface area contributed by atoms with Gasteiger partial charge in [-0.05, 0) is 24.3 Å². The van der Waals surface area contributed by atoms with E-state index in [2.05, 4.69) is 16.6 Å². The second-order valence-electron chi connectivity index (χ2n) is 3.75. The van der Waals surface area contributed by atoms with Crippen molar-refractivity contribution in [3.05, 3.63) is 29.8 Å². The normalized spacial score (nSPS) is 11.7. The number of hydrogen-bond donors (Lipinski definition) is 3. The summed E-state index contributed by atoms with van der Waals surface area (Å²) >= 11 is 0. The lowest BCUT2D eigenvalue weighted by Crippen LogP contribution is -2.31. The molecule has 0 fully saturated rings. The molecule has 0 radical (unpaired) electrons. The molecule has 1 rings (SSSR count). The molecular weight excluding hydrogens is 304 g/mol. The predicted octanol–water partition coefficient (Wildman–Crippen LogP) is -1.40. The van der Waals surface area contributed by atoms with Crippen molar-refractivity contribution in [2.24, 2.45) is 5.14 Å². The first kappa shape index (κ1) is 16.6. The molecule has 110 valence electrons. The second kappa shape index (κ2) is 6.83. The van der Waals surface area contributed by atoms with Crippen LogP contribution in [-0.2, 0) is 20.0 Å². The maximum Gasteiger partial charge on any atom is 0.240 e. The molecule has 0 aliphatic heterocycles. The van der Waals surface area contributed by atoms with Gasteiger partial charge in [-0.1, -0.05) is 11.8 Å². The summed E-state index contributed by atoms with van der Waals surface area (Å²) in [6.07, 6.45) is 0. The Labute approximate surface area is 117 Å². The van der Waals surface area contributed by atoms with Crippen LogP contribution in [0.5, 0.6) is 0 Å². The van der Waals surface area contributed by atoms with Crippen LogP contribution in [0, 0.1) is 11.8 Å². The molecule has 0 aliphatic carbocycles. The van der Waals surface area contributed by atoms with Crippen molar-refractivity contribution in [2.75, 3.05) is 18.9 Å². The Balaban J connectivity index is 2.78. The first-order valence-electron chi connectivity index (χ1n) is 5.44. The number of hydrogen-bond acceptors (Lipinski definition) is 5. The molecule has 0 bridgehead atoms. The van der Waals surface area contributed by atoms with Crippen LogP contribution >= 0.6 is 0 Å². The summed E-state index contributed by atoms with van der Waals surface area (Å²) in [5.74, 6) is 4.58. The Morgan fingerprint density at radius 2 is 1.75 bits per heavy atom. The highest BCUT2D eigenvalue weighted by Gasteiger charge is 2.14. The van der Waals surface area contributed by atoms with Gasteiger partial charge in [0.05, 0.1) is 10.6 Å². The molecule has 0 unspecified atom stereocenters. The minimum Gasteiger partial charge on any atom is -0.384 e. The van der Waals surface area contributed by atoms with E-state index in [4.69, 9.17) is 10.2 Å². The third kappa shape index (κ3) is 5.68. The third-order valence-electron chi connectivity index (χ3n) is 2.16. The highest BCUT2D eigenvalue weighted by atomic mass is 32.2. The molecule has 9 heteroatoms. The van der Waals surface area contributed by atoms with Gasteiger partial charge in [-0.2, -0.15) is 0 Å². The Morgan fingerprint density at radius 3 is 2.25 bits per heavy atom. The maximum absolute atomic E-state index is 11.8. The van der Waals surface area contributed by atoms with Gasteiger partial charge in [0.1, 0.15) is 6.61 Å². The van der Waals surface area contributed by atoms with Crippen LogP contribution in [0.15, 0.2) is 29.2 Å². The summed E-state index contributed by atoms with van der Waals surface area (Å²) in [5, 5.41) is 13.3. The lowest BCUT2D eigenvalue weighted by Gasteiger charge is -2.06. The fourth-order valence-electron chi connectivity index (χ4n) is 1.26. The molecule has 7 nitrogen and oxygen atoms in total. The van der Waals surface area contributed by atoms with Gasteiger partial charge in [0, 0.05) is 12.1 Å². The highest BCUT2D eigenvalue weighted by molar-refractivity contribution is 7.90. The number of nitrogens with one attached hydrogen (secondary N) is 1. The number of rotatable bonds is 5. The Morgan fingerprint density at radius 1 is 1.15 bits per heavy atom. The molecule has 1 aromatic rings. The van der Waals surface area contributed by atoms with Gasteiger partial charge >= 0.3 is 0 Å². The molecule has 0 amide bonds. The lowest BCUT2D eigenvalue weighted by molar-refractivity contribution is 0.350. The highest BCUT2D eigenvalue weighted by Crippen LogP contribution is 2.09. The zero-order valence-corrected chi connectivity index (χ0v) is 12.0. The van der Waals surface area contributed by atoms with Gasteiger partial charge in [-0.3, -0.25) is 0 Å².